The number of rotatable bonds is 5. The normalized spacial score (nSPS) is 14.8. The zero-order valence-electron chi connectivity index (χ0n) is 11.2. The second-order valence-electron chi connectivity index (χ2n) is 5.09. The number of nitrogens with one attached hydrogen (secondary N) is 1. The first-order valence-electron chi connectivity index (χ1n) is 6.72. The van der Waals surface area contributed by atoms with Crippen LogP contribution < -0.4 is 11.1 Å². The van der Waals surface area contributed by atoms with Crippen LogP contribution in [0.15, 0.2) is 0 Å². The van der Waals surface area contributed by atoms with Gasteiger partial charge < -0.3 is 11.1 Å². The van der Waals surface area contributed by atoms with Crippen molar-refractivity contribution in [1.29, 1.82) is 5.26 Å². The Morgan fingerprint density at radius 3 is 3.05 bits per heavy atom. The van der Waals surface area contributed by atoms with Crippen LogP contribution in [0.4, 0.5) is 5.00 Å². The summed E-state index contributed by atoms with van der Waals surface area (Å²) in [6.45, 7) is 1.94. The summed E-state index contributed by atoms with van der Waals surface area (Å²) in [6, 6.07) is 2.36. The smallest absolute Gasteiger partial charge is 0.225 e. The molecular weight excluding hydrogens is 258 g/mol. The van der Waals surface area contributed by atoms with Crippen LogP contribution in [0, 0.1) is 11.3 Å². The largest absolute Gasteiger partial charge is 0.328 e. The molecule has 4 nitrogen and oxygen atoms in total. The predicted octanol–water partition coefficient (Wildman–Crippen LogP) is 2.56. The van der Waals surface area contributed by atoms with Gasteiger partial charge in [0, 0.05) is 17.3 Å². The van der Waals surface area contributed by atoms with Crippen LogP contribution in [0.1, 0.15) is 48.6 Å². The van der Waals surface area contributed by atoms with Gasteiger partial charge in [-0.15, -0.1) is 11.3 Å². The van der Waals surface area contributed by atoms with Crippen molar-refractivity contribution < 1.29 is 4.79 Å². The Morgan fingerprint density at radius 1 is 1.58 bits per heavy atom. The molecule has 0 aliphatic heterocycles. The number of hydrogen-bond donors (Lipinski definition) is 2. The van der Waals surface area contributed by atoms with E-state index in [1.54, 1.807) is 11.3 Å². The van der Waals surface area contributed by atoms with E-state index in [0.717, 1.165) is 42.7 Å². The maximum Gasteiger partial charge on any atom is 0.225 e. The fourth-order valence-corrected chi connectivity index (χ4v) is 3.64. The van der Waals surface area contributed by atoms with Gasteiger partial charge in [-0.05, 0) is 44.6 Å². The Labute approximate surface area is 117 Å². The lowest BCUT2D eigenvalue weighted by Crippen LogP contribution is -2.16. The number of anilines is 1. The van der Waals surface area contributed by atoms with Crippen molar-refractivity contribution in [3.8, 4) is 6.07 Å². The number of carbonyl (C=O) groups excluding carboxylic acids is 1. The minimum atomic E-state index is -0.0166. The standard InChI is InChI=1S/C14H19N3OS/c1-9(16)4-2-7-13(18)17-14-11(8-15)10-5-3-6-12(10)19-14/h9H,2-7,16H2,1H3,(H,17,18). The molecule has 0 bridgehead atoms. The van der Waals surface area contributed by atoms with E-state index in [1.165, 1.54) is 4.88 Å². The molecule has 5 heteroatoms. The maximum absolute atomic E-state index is 11.8. The molecule has 0 spiro atoms. The van der Waals surface area contributed by atoms with Gasteiger partial charge in [-0.25, -0.2) is 0 Å². The highest BCUT2D eigenvalue weighted by Gasteiger charge is 2.22. The molecule has 0 radical (unpaired) electrons. The summed E-state index contributed by atoms with van der Waals surface area (Å²) in [5, 5.41) is 12.8. The van der Waals surface area contributed by atoms with E-state index >= 15 is 0 Å². The molecule has 1 aliphatic rings. The van der Waals surface area contributed by atoms with Crippen LogP contribution in [0.5, 0.6) is 0 Å². The van der Waals surface area contributed by atoms with Gasteiger partial charge >= 0.3 is 0 Å². The van der Waals surface area contributed by atoms with Crippen LogP contribution in [0.3, 0.4) is 0 Å². The van der Waals surface area contributed by atoms with Gasteiger partial charge in [0.1, 0.15) is 11.1 Å². The lowest BCUT2D eigenvalue weighted by molar-refractivity contribution is -0.116. The minimum Gasteiger partial charge on any atom is -0.328 e. The lowest BCUT2D eigenvalue weighted by atomic mass is 10.1. The molecule has 0 aromatic carbocycles. The highest BCUT2D eigenvalue weighted by molar-refractivity contribution is 7.16. The van der Waals surface area contributed by atoms with Crippen molar-refractivity contribution in [1.82, 2.24) is 0 Å². The Hall–Kier alpha value is -1.38. The van der Waals surface area contributed by atoms with E-state index in [2.05, 4.69) is 11.4 Å². The zero-order chi connectivity index (χ0) is 13.8. The summed E-state index contributed by atoms with van der Waals surface area (Å²) in [5.41, 5.74) is 7.48. The quantitative estimate of drug-likeness (QED) is 0.868. The third-order valence-corrected chi connectivity index (χ3v) is 4.56. The van der Waals surface area contributed by atoms with E-state index < -0.39 is 0 Å². The topological polar surface area (TPSA) is 78.9 Å². The summed E-state index contributed by atoms with van der Waals surface area (Å²) < 4.78 is 0. The third-order valence-electron chi connectivity index (χ3n) is 3.35. The van der Waals surface area contributed by atoms with Gasteiger partial charge in [-0.3, -0.25) is 4.79 Å². The van der Waals surface area contributed by atoms with E-state index in [9.17, 15) is 10.1 Å². The number of carbonyl (C=O) groups is 1. The minimum absolute atomic E-state index is 0.0166. The number of amides is 1. The number of nitrogens with zero attached hydrogens (tertiary/aromatic N) is 1. The molecule has 1 aromatic rings. The Kier molecular flexibility index (Phi) is 4.56. The summed E-state index contributed by atoms with van der Waals surface area (Å²) in [5.74, 6) is -0.0166. The molecular formula is C14H19N3OS. The number of hydrogen-bond acceptors (Lipinski definition) is 4. The first kappa shape index (κ1) is 14.0. The molecule has 0 saturated carbocycles. The number of fused-ring (bicyclic) bond motifs is 1. The molecule has 1 unspecified atom stereocenters. The van der Waals surface area contributed by atoms with E-state index in [0.29, 0.717) is 12.0 Å². The predicted molar refractivity (Wildman–Crippen MR) is 77.2 cm³/mol. The second-order valence-corrected chi connectivity index (χ2v) is 6.20. The van der Waals surface area contributed by atoms with E-state index in [1.807, 2.05) is 6.92 Å². The van der Waals surface area contributed by atoms with Crippen molar-refractivity contribution in [2.45, 2.75) is 51.5 Å². The average molecular weight is 277 g/mol. The highest BCUT2D eigenvalue weighted by atomic mass is 32.1. The first-order valence-corrected chi connectivity index (χ1v) is 7.53. The number of nitrogens with two attached hydrogens (primary N) is 1. The molecule has 1 aliphatic carbocycles. The molecule has 2 rings (SSSR count). The zero-order valence-corrected chi connectivity index (χ0v) is 12.0. The Balaban J connectivity index is 1.96. The van der Waals surface area contributed by atoms with Gasteiger partial charge in [0.25, 0.3) is 0 Å². The average Bonchev–Trinajstić information content (AvgIpc) is 2.88. The van der Waals surface area contributed by atoms with Gasteiger partial charge in [0.05, 0.1) is 5.56 Å². The number of aryl methyl sites for hydroxylation is 1. The van der Waals surface area contributed by atoms with Crippen LogP contribution in [-0.4, -0.2) is 11.9 Å². The van der Waals surface area contributed by atoms with Crippen molar-refractivity contribution in [2.24, 2.45) is 5.73 Å². The summed E-state index contributed by atoms with van der Waals surface area (Å²) >= 11 is 1.56. The molecule has 19 heavy (non-hydrogen) atoms. The first-order chi connectivity index (χ1) is 9.11. The van der Waals surface area contributed by atoms with Gasteiger partial charge in [-0.1, -0.05) is 0 Å². The number of thiophene rings is 1. The molecule has 0 fully saturated rings. The maximum atomic E-state index is 11.8. The second kappa shape index (κ2) is 6.18. The summed E-state index contributed by atoms with van der Waals surface area (Å²) in [7, 11) is 0. The fourth-order valence-electron chi connectivity index (χ4n) is 2.38. The van der Waals surface area contributed by atoms with Crippen LogP contribution in [-0.2, 0) is 17.6 Å². The van der Waals surface area contributed by atoms with E-state index in [4.69, 9.17) is 5.73 Å². The van der Waals surface area contributed by atoms with Crippen LogP contribution in [0.25, 0.3) is 0 Å². The molecule has 1 atom stereocenters. The molecule has 1 heterocycles. The van der Waals surface area contributed by atoms with Gasteiger partial charge in [0.2, 0.25) is 5.91 Å². The van der Waals surface area contributed by atoms with Crippen molar-refractivity contribution in [3.63, 3.8) is 0 Å². The monoisotopic (exact) mass is 277 g/mol. The molecule has 1 amide bonds. The molecule has 3 N–H and O–H groups in total. The molecule has 1 aromatic heterocycles. The molecule has 0 saturated heterocycles. The van der Waals surface area contributed by atoms with Gasteiger partial charge in [-0.2, -0.15) is 5.26 Å². The third kappa shape index (κ3) is 3.34. The Morgan fingerprint density at radius 2 is 2.37 bits per heavy atom. The van der Waals surface area contributed by atoms with Crippen LogP contribution in [0.2, 0.25) is 0 Å². The summed E-state index contributed by atoms with van der Waals surface area (Å²) in [4.78, 5) is 13.1. The Bertz CT molecular complexity index is 513. The highest BCUT2D eigenvalue weighted by Crippen LogP contribution is 2.38. The van der Waals surface area contributed by atoms with Crippen molar-refractivity contribution in [3.05, 3.63) is 16.0 Å². The van der Waals surface area contributed by atoms with Gasteiger partial charge in [0.15, 0.2) is 0 Å². The van der Waals surface area contributed by atoms with E-state index in [-0.39, 0.29) is 11.9 Å². The fraction of sp³-hybridized carbons (Fsp3) is 0.571. The van der Waals surface area contributed by atoms with Crippen molar-refractivity contribution >= 4 is 22.2 Å². The SMILES string of the molecule is CC(N)CCCC(=O)Nc1sc2c(c1C#N)CCC2. The number of nitriles is 1. The van der Waals surface area contributed by atoms with Crippen molar-refractivity contribution in [2.75, 3.05) is 5.32 Å². The molecule has 102 valence electrons. The van der Waals surface area contributed by atoms with Crippen LogP contribution >= 0.6 is 11.3 Å². The lowest BCUT2D eigenvalue weighted by Gasteiger charge is -2.05. The summed E-state index contributed by atoms with van der Waals surface area (Å²) in [6.07, 6.45) is 5.23.